The summed E-state index contributed by atoms with van der Waals surface area (Å²) in [6, 6.07) is 13.2. The zero-order valence-electron chi connectivity index (χ0n) is 14.9. The van der Waals surface area contributed by atoms with E-state index in [-0.39, 0.29) is 18.5 Å². The number of amides is 1. The van der Waals surface area contributed by atoms with Crippen molar-refractivity contribution in [3.8, 4) is 17.2 Å². The van der Waals surface area contributed by atoms with Crippen LogP contribution in [0.5, 0.6) is 17.2 Å². The lowest BCUT2D eigenvalue weighted by atomic mass is 10.2. The van der Waals surface area contributed by atoms with Crippen molar-refractivity contribution in [2.75, 3.05) is 25.0 Å². The van der Waals surface area contributed by atoms with Crippen molar-refractivity contribution < 1.29 is 19.0 Å². The van der Waals surface area contributed by atoms with Crippen LogP contribution in [0.3, 0.4) is 0 Å². The van der Waals surface area contributed by atoms with Crippen LogP contribution in [0.15, 0.2) is 47.5 Å². The molecule has 0 unspecified atom stereocenters. The number of hydrogen-bond acceptors (Lipinski definition) is 6. The molecule has 0 saturated heterocycles. The van der Waals surface area contributed by atoms with Gasteiger partial charge in [0.1, 0.15) is 10.8 Å². The molecule has 0 saturated carbocycles. The number of pyridine rings is 1. The predicted octanol–water partition coefficient (Wildman–Crippen LogP) is 4.01. The largest absolute Gasteiger partial charge is 0.497 e. The van der Waals surface area contributed by atoms with Crippen molar-refractivity contribution >= 4 is 34.3 Å². The van der Waals surface area contributed by atoms with Crippen molar-refractivity contribution in [2.24, 2.45) is 0 Å². The molecule has 1 aliphatic rings. The van der Waals surface area contributed by atoms with Crippen LogP contribution in [-0.4, -0.2) is 30.5 Å². The van der Waals surface area contributed by atoms with Gasteiger partial charge in [-0.15, -0.1) is 0 Å². The molecule has 6 nitrogen and oxygen atoms in total. The Morgan fingerprint density at radius 1 is 1.19 bits per heavy atom. The number of ether oxygens (including phenoxy) is 3. The average Bonchev–Trinajstić information content (AvgIpc) is 3.13. The van der Waals surface area contributed by atoms with Gasteiger partial charge in [0.25, 0.3) is 0 Å². The Balaban J connectivity index is 1.44. The summed E-state index contributed by atoms with van der Waals surface area (Å²) in [5.41, 5.74) is 2.56. The number of benzene rings is 2. The summed E-state index contributed by atoms with van der Waals surface area (Å²) in [6.07, 6.45) is 0. The van der Waals surface area contributed by atoms with E-state index >= 15 is 0 Å². The number of nitrogens with zero attached hydrogens (tertiary/aromatic N) is 1. The molecule has 0 radical (unpaired) electrons. The minimum Gasteiger partial charge on any atom is -0.497 e. The van der Waals surface area contributed by atoms with E-state index in [4.69, 9.17) is 14.2 Å². The van der Waals surface area contributed by atoms with E-state index in [2.05, 4.69) is 16.4 Å². The highest BCUT2D eigenvalue weighted by Crippen LogP contribution is 2.34. The molecule has 1 aliphatic heterocycles. The summed E-state index contributed by atoms with van der Waals surface area (Å²) < 4.78 is 15.9. The van der Waals surface area contributed by atoms with Crippen LogP contribution in [-0.2, 0) is 4.79 Å². The highest BCUT2D eigenvalue weighted by atomic mass is 32.2. The van der Waals surface area contributed by atoms with Gasteiger partial charge in [-0.3, -0.25) is 4.79 Å². The number of hydrogen-bond donors (Lipinski definition) is 1. The number of methoxy groups -OCH3 is 1. The van der Waals surface area contributed by atoms with E-state index < -0.39 is 0 Å². The maximum absolute atomic E-state index is 12.3. The summed E-state index contributed by atoms with van der Waals surface area (Å²) in [4.78, 5) is 17.0. The minimum atomic E-state index is -0.106. The molecule has 0 aliphatic carbocycles. The molecular weight excluding hydrogens is 364 g/mol. The fraction of sp³-hybridized carbons (Fsp3) is 0.200. The first-order chi connectivity index (χ1) is 13.1. The topological polar surface area (TPSA) is 69.7 Å². The fourth-order valence-electron chi connectivity index (χ4n) is 2.81. The standard InChI is InChI=1S/C20H18N2O4S/c1-12-7-13-3-5-15(24-2)9-16(13)22-20(12)27-10-19(23)21-14-4-6-17-18(8-14)26-11-25-17/h3-9H,10-11H2,1-2H3,(H,21,23). The van der Waals surface area contributed by atoms with Gasteiger partial charge >= 0.3 is 0 Å². The van der Waals surface area contributed by atoms with Crippen molar-refractivity contribution in [3.63, 3.8) is 0 Å². The molecule has 1 amide bonds. The molecule has 0 atom stereocenters. The van der Waals surface area contributed by atoms with E-state index in [0.717, 1.165) is 27.2 Å². The number of fused-ring (bicyclic) bond motifs is 2. The minimum absolute atomic E-state index is 0.106. The van der Waals surface area contributed by atoms with Crippen molar-refractivity contribution in [2.45, 2.75) is 11.9 Å². The maximum atomic E-state index is 12.3. The highest BCUT2D eigenvalue weighted by Gasteiger charge is 2.14. The van der Waals surface area contributed by atoms with Gasteiger partial charge < -0.3 is 19.5 Å². The quantitative estimate of drug-likeness (QED) is 0.673. The lowest BCUT2D eigenvalue weighted by molar-refractivity contribution is -0.113. The van der Waals surface area contributed by atoms with Crippen molar-refractivity contribution in [1.82, 2.24) is 4.98 Å². The molecule has 4 rings (SSSR count). The van der Waals surface area contributed by atoms with Crippen LogP contribution in [0, 0.1) is 6.92 Å². The Morgan fingerprint density at radius 3 is 2.89 bits per heavy atom. The zero-order chi connectivity index (χ0) is 18.8. The summed E-state index contributed by atoms with van der Waals surface area (Å²) in [6.45, 7) is 2.20. The first-order valence-corrected chi connectivity index (χ1v) is 9.38. The molecule has 0 spiro atoms. The van der Waals surface area contributed by atoms with Crippen LogP contribution in [0.1, 0.15) is 5.56 Å². The molecule has 27 heavy (non-hydrogen) atoms. The SMILES string of the molecule is COc1ccc2cc(C)c(SCC(=O)Nc3ccc4c(c3)OCO4)nc2c1. The number of anilines is 1. The number of aryl methyl sites for hydroxylation is 1. The second-order valence-electron chi connectivity index (χ2n) is 6.07. The Kier molecular flexibility index (Phi) is 4.77. The molecule has 7 heteroatoms. The Labute approximate surface area is 160 Å². The Hall–Kier alpha value is -2.93. The lowest BCUT2D eigenvalue weighted by Crippen LogP contribution is -2.14. The average molecular weight is 382 g/mol. The van der Waals surface area contributed by atoms with E-state index in [9.17, 15) is 4.79 Å². The number of thioether (sulfide) groups is 1. The van der Waals surface area contributed by atoms with Crippen LogP contribution in [0.2, 0.25) is 0 Å². The molecule has 1 aromatic heterocycles. The molecule has 1 N–H and O–H groups in total. The van der Waals surface area contributed by atoms with Gasteiger partial charge in [0.2, 0.25) is 12.7 Å². The highest BCUT2D eigenvalue weighted by molar-refractivity contribution is 8.00. The summed E-state index contributed by atoms with van der Waals surface area (Å²) in [7, 11) is 1.63. The predicted molar refractivity (Wildman–Crippen MR) is 105 cm³/mol. The van der Waals surface area contributed by atoms with Crippen LogP contribution >= 0.6 is 11.8 Å². The number of carbonyl (C=O) groups excluding carboxylic acids is 1. The third-order valence-electron chi connectivity index (χ3n) is 4.17. The second kappa shape index (κ2) is 7.36. The van der Waals surface area contributed by atoms with Gasteiger partial charge in [-0.05, 0) is 42.8 Å². The molecule has 0 bridgehead atoms. The first-order valence-electron chi connectivity index (χ1n) is 8.40. The van der Waals surface area contributed by atoms with Gasteiger partial charge in [-0.2, -0.15) is 0 Å². The van der Waals surface area contributed by atoms with Crippen LogP contribution < -0.4 is 19.5 Å². The van der Waals surface area contributed by atoms with E-state index in [1.165, 1.54) is 11.8 Å². The Bertz CT molecular complexity index is 1020. The molecule has 0 fully saturated rings. The number of carbonyl (C=O) groups is 1. The summed E-state index contributed by atoms with van der Waals surface area (Å²) in [5, 5.41) is 4.75. The Morgan fingerprint density at radius 2 is 2.04 bits per heavy atom. The number of nitrogens with one attached hydrogen (secondary N) is 1. The molecule has 3 aromatic rings. The zero-order valence-corrected chi connectivity index (χ0v) is 15.8. The summed E-state index contributed by atoms with van der Waals surface area (Å²) in [5.74, 6) is 2.24. The van der Waals surface area contributed by atoms with Gasteiger partial charge in [-0.25, -0.2) is 4.98 Å². The normalized spacial score (nSPS) is 12.2. The second-order valence-corrected chi connectivity index (χ2v) is 7.04. The maximum Gasteiger partial charge on any atom is 0.234 e. The third kappa shape index (κ3) is 3.78. The molecule has 2 aromatic carbocycles. The van der Waals surface area contributed by atoms with Gasteiger partial charge in [0.05, 0.1) is 18.4 Å². The third-order valence-corrected chi connectivity index (χ3v) is 5.26. The molecule has 2 heterocycles. The molecular formula is C20H18N2O4S. The van der Waals surface area contributed by atoms with E-state index in [1.807, 2.05) is 25.1 Å². The van der Waals surface area contributed by atoms with Crippen molar-refractivity contribution in [1.29, 1.82) is 0 Å². The van der Waals surface area contributed by atoms with Gasteiger partial charge in [0.15, 0.2) is 11.5 Å². The smallest absolute Gasteiger partial charge is 0.234 e. The number of aromatic nitrogens is 1. The molecule has 138 valence electrons. The van der Waals surface area contributed by atoms with Gasteiger partial charge in [-0.1, -0.05) is 11.8 Å². The van der Waals surface area contributed by atoms with Crippen LogP contribution in [0.25, 0.3) is 10.9 Å². The van der Waals surface area contributed by atoms with Crippen molar-refractivity contribution in [3.05, 3.63) is 48.0 Å². The first kappa shape index (κ1) is 17.5. The van der Waals surface area contributed by atoms with E-state index in [0.29, 0.717) is 17.2 Å². The lowest BCUT2D eigenvalue weighted by Gasteiger charge is -2.09. The monoisotopic (exact) mass is 382 g/mol. The van der Waals surface area contributed by atoms with E-state index in [1.54, 1.807) is 25.3 Å². The summed E-state index contributed by atoms with van der Waals surface area (Å²) >= 11 is 1.41. The van der Waals surface area contributed by atoms with Crippen LogP contribution in [0.4, 0.5) is 5.69 Å². The number of rotatable bonds is 5. The fourth-order valence-corrected chi connectivity index (χ4v) is 3.60. The van der Waals surface area contributed by atoms with Gasteiger partial charge in [0, 0.05) is 23.2 Å².